The maximum Gasteiger partial charge on any atom is 0.238 e. The van der Waals surface area contributed by atoms with Crippen LogP contribution in [0.3, 0.4) is 0 Å². The quantitative estimate of drug-likeness (QED) is 0.407. The Bertz CT molecular complexity index is 1710. The minimum atomic E-state index is -3.90. The van der Waals surface area contributed by atoms with Gasteiger partial charge >= 0.3 is 0 Å². The first-order chi connectivity index (χ1) is 19.0. The lowest BCUT2D eigenvalue weighted by Gasteiger charge is -2.43. The highest BCUT2D eigenvalue weighted by atomic mass is 32.2. The predicted molar refractivity (Wildman–Crippen MR) is 156 cm³/mol. The van der Waals surface area contributed by atoms with E-state index in [9.17, 15) is 18.5 Å². The summed E-state index contributed by atoms with van der Waals surface area (Å²) in [6, 6.07) is 25.9. The molecule has 40 heavy (non-hydrogen) atoms. The molecule has 0 fully saturated rings. The van der Waals surface area contributed by atoms with Crippen LogP contribution in [0.1, 0.15) is 49.3 Å². The van der Waals surface area contributed by atoms with Gasteiger partial charge in [-0.2, -0.15) is 5.26 Å². The van der Waals surface area contributed by atoms with E-state index >= 15 is 0 Å². The highest BCUT2D eigenvalue weighted by Gasteiger charge is 2.45. The molecule has 5 rings (SSSR count). The molecule has 3 aromatic rings. The van der Waals surface area contributed by atoms with E-state index in [-0.39, 0.29) is 16.1 Å². The molecule has 0 radical (unpaired) electrons. The number of anilines is 1. The van der Waals surface area contributed by atoms with E-state index in [0.29, 0.717) is 35.5 Å². The predicted octanol–water partition coefficient (Wildman–Crippen LogP) is 5.74. The number of benzene rings is 3. The summed E-state index contributed by atoms with van der Waals surface area (Å²) in [7, 11) is -3.90. The number of nitrogens with two attached hydrogens (primary N) is 1. The van der Waals surface area contributed by atoms with E-state index < -0.39 is 15.9 Å². The highest BCUT2D eigenvalue weighted by Crippen LogP contribution is 2.51. The van der Waals surface area contributed by atoms with Gasteiger partial charge < -0.3 is 0 Å². The number of allylic oxidation sites excluding steroid dienone is 3. The van der Waals surface area contributed by atoms with Crippen molar-refractivity contribution < 1.29 is 13.2 Å². The molecule has 1 aliphatic carbocycles. The standard InChI is InChI=1S/C32H30N4O3S/c1-21-9-11-22(12-10-21)20-35-31-26(19-33)29(23-7-5-4-6-8-23)30-27(17-32(2,3)18-28(30)37)36(31)24-13-15-25(16-14-24)40(34,38)39/h4-16,20,29H,17-18H2,1-3H3,(H2,34,38,39)/b35-20+. The number of aliphatic imine (C=N–C) groups is 1. The van der Waals surface area contributed by atoms with Crippen LogP contribution in [-0.2, 0) is 14.8 Å². The number of rotatable bonds is 5. The molecule has 3 aromatic carbocycles. The summed E-state index contributed by atoms with van der Waals surface area (Å²) >= 11 is 0. The molecule has 7 nitrogen and oxygen atoms in total. The zero-order valence-corrected chi connectivity index (χ0v) is 23.4. The Labute approximate surface area is 235 Å². The summed E-state index contributed by atoms with van der Waals surface area (Å²) < 4.78 is 23.9. The number of carbonyl (C=O) groups excluding carboxylic acids is 1. The van der Waals surface area contributed by atoms with E-state index in [1.54, 1.807) is 18.3 Å². The maximum atomic E-state index is 13.8. The molecular formula is C32H30N4O3S. The fourth-order valence-corrected chi connectivity index (χ4v) is 5.94. The van der Waals surface area contributed by atoms with Crippen LogP contribution in [0.2, 0.25) is 0 Å². The molecule has 0 aromatic heterocycles. The first-order valence-corrected chi connectivity index (χ1v) is 14.5. The van der Waals surface area contributed by atoms with Gasteiger partial charge in [-0.05, 0) is 54.2 Å². The minimum absolute atomic E-state index is 0.0134. The van der Waals surface area contributed by atoms with Gasteiger partial charge in [0.15, 0.2) is 11.6 Å². The summed E-state index contributed by atoms with van der Waals surface area (Å²) in [5, 5.41) is 15.9. The Morgan fingerprint density at radius 3 is 2.25 bits per heavy atom. The molecule has 2 N–H and O–H groups in total. The van der Waals surface area contributed by atoms with Crippen LogP contribution < -0.4 is 10.0 Å². The number of carbonyl (C=O) groups is 1. The normalized spacial score (nSPS) is 19.1. The van der Waals surface area contributed by atoms with E-state index in [0.717, 1.165) is 22.4 Å². The van der Waals surface area contributed by atoms with Gasteiger partial charge in [0, 0.05) is 29.6 Å². The third kappa shape index (κ3) is 5.26. The molecule has 1 aliphatic heterocycles. The van der Waals surface area contributed by atoms with Gasteiger partial charge in [0.05, 0.1) is 22.5 Å². The van der Waals surface area contributed by atoms with Gasteiger partial charge in [0.25, 0.3) is 0 Å². The molecule has 2 aliphatic rings. The third-order valence-electron chi connectivity index (χ3n) is 7.29. The number of aryl methyl sites for hydroxylation is 1. The highest BCUT2D eigenvalue weighted by molar-refractivity contribution is 7.89. The van der Waals surface area contributed by atoms with E-state index in [1.807, 2.05) is 80.3 Å². The molecular weight excluding hydrogens is 520 g/mol. The monoisotopic (exact) mass is 550 g/mol. The molecule has 0 bridgehead atoms. The molecule has 1 atom stereocenters. The zero-order chi connectivity index (χ0) is 28.7. The molecule has 0 saturated carbocycles. The molecule has 0 spiro atoms. The summed E-state index contributed by atoms with van der Waals surface area (Å²) in [6.07, 6.45) is 2.63. The number of sulfonamides is 1. The van der Waals surface area contributed by atoms with E-state index in [1.165, 1.54) is 12.1 Å². The average Bonchev–Trinajstić information content (AvgIpc) is 2.91. The molecule has 1 unspecified atom stereocenters. The number of hydrogen-bond acceptors (Lipinski definition) is 6. The summed E-state index contributed by atoms with van der Waals surface area (Å²) in [6.45, 7) is 6.10. The van der Waals surface area contributed by atoms with Crippen molar-refractivity contribution in [1.82, 2.24) is 0 Å². The number of Topliss-reactive ketones (excluding diaryl/α,β-unsaturated/α-hetero) is 1. The average molecular weight is 551 g/mol. The molecule has 202 valence electrons. The lowest BCUT2D eigenvalue weighted by atomic mass is 9.68. The Hall–Kier alpha value is -4.32. The molecule has 0 amide bonds. The molecule has 0 saturated heterocycles. The van der Waals surface area contributed by atoms with Crippen LogP contribution in [0.5, 0.6) is 0 Å². The largest absolute Gasteiger partial charge is 0.298 e. The fraction of sp³-hybridized carbons (Fsp3) is 0.219. The smallest absolute Gasteiger partial charge is 0.238 e. The van der Waals surface area contributed by atoms with Crippen LogP contribution in [0, 0.1) is 23.7 Å². The van der Waals surface area contributed by atoms with E-state index in [2.05, 4.69) is 6.07 Å². The second-order valence-electron chi connectivity index (χ2n) is 11.0. The second kappa shape index (κ2) is 10.3. The number of primary sulfonamides is 1. The second-order valence-corrected chi connectivity index (χ2v) is 12.6. The Morgan fingerprint density at radius 2 is 1.65 bits per heavy atom. The van der Waals surface area contributed by atoms with Crippen molar-refractivity contribution in [3.05, 3.63) is 118 Å². The van der Waals surface area contributed by atoms with Gasteiger partial charge in [-0.15, -0.1) is 0 Å². The van der Waals surface area contributed by atoms with Crippen LogP contribution >= 0.6 is 0 Å². The van der Waals surface area contributed by atoms with Crippen molar-refractivity contribution >= 4 is 27.7 Å². The first-order valence-electron chi connectivity index (χ1n) is 13.0. The van der Waals surface area contributed by atoms with Gasteiger partial charge in [0.2, 0.25) is 10.0 Å². The van der Waals surface area contributed by atoms with Crippen molar-refractivity contribution in [1.29, 1.82) is 5.26 Å². The fourth-order valence-electron chi connectivity index (χ4n) is 5.42. The third-order valence-corrected chi connectivity index (χ3v) is 8.22. The lowest BCUT2D eigenvalue weighted by Crippen LogP contribution is -2.39. The summed E-state index contributed by atoms with van der Waals surface area (Å²) in [5.41, 5.74) is 4.75. The SMILES string of the molecule is Cc1ccc(/C=N/C2=C(C#N)C(c3ccccc3)C3=C(CC(C)(C)CC3=O)N2c2ccc(S(N)(=O)=O)cc2)cc1. The number of ketones is 1. The Balaban J connectivity index is 1.79. The zero-order valence-electron chi connectivity index (χ0n) is 22.6. The number of nitrogens with zero attached hydrogens (tertiary/aromatic N) is 3. The van der Waals surface area contributed by atoms with Gasteiger partial charge in [0.1, 0.15) is 0 Å². The topological polar surface area (TPSA) is 117 Å². The van der Waals surface area contributed by atoms with Gasteiger partial charge in [-0.1, -0.05) is 74.0 Å². The van der Waals surface area contributed by atoms with Crippen molar-refractivity contribution in [3.8, 4) is 6.07 Å². The minimum Gasteiger partial charge on any atom is -0.298 e. The number of hydrogen-bond donors (Lipinski definition) is 1. The van der Waals surface area contributed by atoms with Crippen LogP contribution in [-0.4, -0.2) is 20.4 Å². The van der Waals surface area contributed by atoms with Crippen molar-refractivity contribution in [2.24, 2.45) is 15.5 Å². The molecule has 1 heterocycles. The van der Waals surface area contributed by atoms with Gasteiger partial charge in [-0.25, -0.2) is 18.5 Å². The van der Waals surface area contributed by atoms with E-state index in [4.69, 9.17) is 10.1 Å². The first kappa shape index (κ1) is 27.3. The lowest BCUT2D eigenvalue weighted by molar-refractivity contribution is -0.118. The summed E-state index contributed by atoms with van der Waals surface area (Å²) in [5.74, 6) is -0.194. The summed E-state index contributed by atoms with van der Waals surface area (Å²) in [4.78, 5) is 20.5. The van der Waals surface area contributed by atoms with Crippen molar-refractivity contribution in [3.63, 3.8) is 0 Å². The molecule has 8 heteroatoms. The van der Waals surface area contributed by atoms with Crippen LogP contribution in [0.15, 0.2) is 111 Å². The van der Waals surface area contributed by atoms with Crippen LogP contribution in [0.4, 0.5) is 5.69 Å². The number of nitriles is 1. The Morgan fingerprint density at radius 1 is 1.00 bits per heavy atom. The van der Waals surface area contributed by atoms with Gasteiger partial charge in [-0.3, -0.25) is 9.69 Å². The van der Waals surface area contributed by atoms with Crippen molar-refractivity contribution in [2.45, 2.75) is 44.4 Å². The van der Waals surface area contributed by atoms with Crippen LogP contribution in [0.25, 0.3) is 0 Å². The van der Waals surface area contributed by atoms with Crippen molar-refractivity contribution in [2.75, 3.05) is 4.90 Å². The Kier molecular flexibility index (Phi) is 7.05. The maximum absolute atomic E-state index is 13.8.